The van der Waals surface area contributed by atoms with E-state index in [1.54, 1.807) is 0 Å². The van der Waals surface area contributed by atoms with Crippen LogP contribution in [0.4, 0.5) is 0 Å². The van der Waals surface area contributed by atoms with Gasteiger partial charge in [0.15, 0.2) is 6.10 Å². The summed E-state index contributed by atoms with van der Waals surface area (Å²) in [7, 11) is 0. The largest absolute Gasteiger partial charge is 0.462 e. The van der Waals surface area contributed by atoms with Gasteiger partial charge in [-0.1, -0.05) is 274 Å². The monoisotopic (exact) mass is 1140 g/mol. The maximum absolute atomic E-state index is 12.9. The van der Waals surface area contributed by atoms with Crippen LogP contribution < -0.4 is 0 Å². The Labute approximate surface area is 510 Å². The lowest BCUT2D eigenvalue weighted by Gasteiger charge is -2.18. The molecule has 0 amide bonds. The van der Waals surface area contributed by atoms with Gasteiger partial charge in [-0.05, 0) is 154 Å². The van der Waals surface area contributed by atoms with Crippen LogP contribution in [-0.2, 0) is 28.6 Å². The van der Waals surface area contributed by atoms with E-state index in [0.717, 1.165) is 161 Å². The van der Waals surface area contributed by atoms with Crippen molar-refractivity contribution in [2.75, 3.05) is 13.2 Å². The number of rotatable bonds is 58. The maximum Gasteiger partial charge on any atom is 0.306 e. The van der Waals surface area contributed by atoms with Crippen LogP contribution in [0, 0.1) is 0 Å². The fraction of sp³-hybridized carbons (Fsp3) is 0.571. The predicted molar refractivity (Wildman–Crippen MR) is 361 cm³/mol. The Morgan fingerprint density at radius 3 is 0.771 bits per heavy atom. The summed E-state index contributed by atoms with van der Waals surface area (Å²) >= 11 is 0. The minimum atomic E-state index is -0.816. The van der Waals surface area contributed by atoms with Crippen LogP contribution in [0.2, 0.25) is 0 Å². The molecule has 0 spiro atoms. The van der Waals surface area contributed by atoms with E-state index in [1.165, 1.54) is 57.8 Å². The van der Waals surface area contributed by atoms with Crippen LogP contribution in [0.3, 0.4) is 0 Å². The van der Waals surface area contributed by atoms with Gasteiger partial charge >= 0.3 is 17.9 Å². The maximum atomic E-state index is 12.9. The molecule has 0 aliphatic rings. The number of hydrogen-bond donors (Lipinski definition) is 0. The highest BCUT2D eigenvalue weighted by Crippen LogP contribution is 2.14. The van der Waals surface area contributed by atoms with Crippen molar-refractivity contribution in [3.8, 4) is 0 Å². The number of esters is 3. The summed E-state index contributed by atoms with van der Waals surface area (Å²) in [6, 6.07) is 0. The molecule has 1 atom stereocenters. The van der Waals surface area contributed by atoms with Crippen LogP contribution in [-0.4, -0.2) is 37.2 Å². The fourth-order valence-corrected chi connectivity index (χ4v) is 8.44. The number of carbonyl (C=O) groups excluding carboxylic acids is 3. The highest BCUT2D eigenvalue weighted by molar-refractivity contribution is 5.71. The van der Waals surface area contributed by atoms with Crippen molar-refractivity contribution >= 4 is 17.9 Å². The molecule has 0 rings (SSSR count). The molecule has 464 valence electrons. The molecule has 0 aromatic rings. The predicted octanol–water partition coefficient (Wildman–Crippen LogP) is 23.2. The van der Waals surface area contributed by atoms with Gasteiger partial charge in [0.25, 0.3) is 0 Å². The molecule has 0 bridgehead atoms. The van der Waals surface area contributed by atoms with E-state index in [4.69, 9.17) is 14.2 Å². The third-order valence-electron chi connectivity index (χ3n) is 13.4. The van der Waals surface area contributed by atoms with E-state index >= 15 is 0 Å². The average Bonchev–Trinajstić information content (AvgIpc) is 3.48. The topological polar surface area (TPSA) is 78.9 Å². The third-order valence-corrected chi connectivity index (χ3v) is 13.4. The van der Waals surface area contributed by atoms with Gasteiger partial charge in [-0.15, -0.1) is 0 Å². The molecule has 0 radical (unpaired) electrons. The second kappa shape index (κ2) is 69.0. The van der Waals surface area contributed by atoms with Crippen molar-refractivity contribution in [3.05, 3.63) is 182 Å². The Balaban J connectivity index is 4.42. The van der Waals surface area contributed by atoms with E-state index in [-0.39, 0.29) is 31.1 Å². The molecule has 0 saturated carbocycles. The Morgan fingerprint density at radius 1 is 0.253 bits per heavy atom. The Bertz CT molecular complexity index is 1940. The van der Waals surface area contributed by atoms with Gasteiger partial charge in [-0.2, -0.15) is 0 Å². The van der Waals surface area contributed by atoms with Gasteiger partial charge in [0.2, 0.25) is 0 Å². The molecule has 0 aliphatic carbocycles. The molecular weight excluding hydrogens is 1020 g/mol. The van der Waals surface area contributed by atoms with E-state index in [0.29, 0.717) is 25.7 Å². The molecule has 0 aromatic carbocycles. The minimum absolute atomic E-state index is 0.108. The van der Waals surface area contributed by atoms with Crippen molar-refractivity contribution in [2.45, 2.75) is 271 Å². The molecule has 0 saturated heterocycles. The van der Waals surface area contributed by atoms with Crippen molar-refractivity contribution in [3.63, 3.8) is 0 Å². The fourth-order valence-electron chi connectivity index (χ4n) is 8.44. The lowest BCUT2D eigenvalue weighted by Crippen LogP contribution is -2.30. The minimum Gasteiger partial charge on any atom is -0.462 e. The first-order valence-corrected chi connectivity index (χ1v) is 33.3. The molecule has 0 aliphatic heterocycles. The van der Waals surface area contributed by atoms with Crippen molar-refractivity contribution < 1.29 is 28.6 Å². The van der Waals surface area contributed by atoms with Gasteiger partial charge in [0.05, 0.1) is 0 Å². The van der Waals surface area contributed by atoms with Crippen molar-refractivity contribution in [2.24, 2.45) is 0 Å². The van der Waals surface area contributed by atoms with E-state index in [1.807, 2.05) is 0 Å². The van der Waals surface area contributed by atoms with Crippen LogP contribution in [0.15, 0.2) is 182 Å². The van der Waals surface area contributed by atoms with Crippen LogP contribution >= 0.6 is 0 Å². The number of unbranched alkanes of at least 4 members (excludes halogenated alkanes) is 17. The van der Waals surface area contributed by atoms with Crippen LogP contribution in [0.25, 0.3) is 0 Å². The normalized spacial score (nSPS) is 13.3. The zero-order valence-electron chi connectivity index (χ0n) is 53.1. The summed E-state index contributed by atoms with van der Waals surface area (Å²) < 4.78 is 16.9. The molecule has 1 unspecified atom stereocenters. The summed E-state index contributed by atoms with van der Waals surface area (Å²) in [5, 5.41) is 0. The number of allylic oxidation sites excluding steroid dienone is 30. The van der Waals surface area contributed by atoms with Crippen LogP contribution in [0.1, 0.15) is 265 Å². The molecule has 0 N–H and O–H groups in total. The molecule has 6 heteroatoms. The summed E-state index contributed by atoms with van der Waals surface area (Å²) in [6.45, 7) is 6.31. The van der Waals surface area contributed by atoms with Gasteiger partial charge in [0.1, 0.15) is 13.2 Å². The summed E-state index contributed by atoms with van der Waals surface area (Å²) in [5.41, 5.74) is 0. The number of hydrogen-bond acceptors (Lipinski definition) is 6. The van der Waals surface area contributed by atoms with E-state index in [2.05, 4.69) is 203 Å². The van der Waals surface area contributed by atoms with Gasteiger partial charge in [-0.3, -0.25) is 14.4 Å². The van der Waals surface area contributed by atoms with E-state index < -0.39 is 6.10 Å². The summed E-state index contributed by atoms with van der Waals surface area (Å²) in [4.78, 5) is 38.3. The third kappa shape index (κ3) is 67.2. The van der Waals surface area contributed by atoms with Gasteiger partial charge in [0, 0.05) is 19.3 Å². The smallest absolute Gasteiger partial charge is 0.306 e. The number of ether oxygens (including phenoxy) is 3. The quantitative estimate of drug-likeness (QED) is 0.0261. The molecule has 0 heterocycles. The van der Waals surface area contributed by atoms with Crippen molar-refractivity contribution in [1.82, 2.24) is 0 Å². The molecule has 83 heavy (non-hydrogen) atoms. The zero-order chi connectivity index (χ0) is 59.9. The first-order valence-electron chi connectivity index (χ1n) is 33.3. The molecule has 6 nitrogen and oxygen atoms in total. The SMILES string of the molecule is CC/C=C\C/C=C\C/C=C\C/C=C\C/C=C\C/C=C\C/C=C\C/C=C\CCCCC(=O)OCC(COC(=O)CCCCCCC/C=C\CCCC)OC(=O)CCCCCCCCCC/C=C\C/C=C\C/C=C\C/C=C\C/C=C\C/C=C\CC. The lowest BCUT2D eigenvalue weighted by atomic mass is 10.1. The van der Waals surface area contributed by atoms with Gasteiger partial charge in [-0.25, -0.2) is 0 Å². The molecular formula is C77H120O6. The zero-order valence-corrected chi connectivity index (χ0v) is 53.1. The van der Waals surface area contributed by atoms with Crippen LogP contribution in [0.5, 0.6) is 0 Å². The Hall–Kier alpha value is -5.49. The highest BCUT2D eigenvalue weighted by atomic mass is 16.6. The first-order chi connectivity index (χ1) is 41.0. The molecule has 0 aromatic heterocycles. The number of carbonyl (C=O) groups is 3. The lowest BCUT2D eigenvalue weighted by molar-refractivity contribution is -0.167. The van der Waals surface area contributed by atoms with Gasteiger partial charge < -0.3 is 14.2 Å². The highest BCUT2D eigenvalue weighted by Gasteiger charge is 2.19. The Kier molecular flexibility index (Phi) is 64.4. The summed E-state index contributed by atoms with van der Waals surface area (Å²) in [5.74, 6) is -0.978. The van der Waals surface area contributed by atoms with E-state index in [9.17, 15) is 14.4 Å². The average molecular weight is 1140 g/mol. The molecule has 0 fully saturated rings. The second-order valence-corrected chi connectivity index (χ2v) is 21.3. The van der Waals surface area contributed by atoms with Crippen molar-refractivity contribution in [1.29, 1.82) is 0 Å². The standard InChI is InChI=1S/C77H120O6/c1-4-7-10-13-16-19-22-24-26-28-30-32-34-36-38-40-42-44-46-48-50-52-55-58-61-64-67-70-76(79)82-73-74(72-81-75(78)69-66-63-60-57-54-21-18-15-12-9-6-3)83-77(80)71-68-65-62-59-56-53-51-49-47-45-43-41-39-37-35-33-31-29-27-25-23-20-17-14-11-8-5-2/h7-8,10-11,15-20,24-27,30-33,36-39,42-45,48,50,55,58,74H,4-6,9,12-14,21-23,28-29,34-35,40-41,46-47,49,51-54,56-57,59-73H2,1-3H3/b10-7-,11-8-,18-15-,19-16-,20-17-,26-24-,27-25-,32-30-,33-31-,38-36-,39-37-,44-42-,45-43-,50-48-,58-55-. The Morgan fingerprint density at radius 2 is 0.470 bits per heavy atom. The first kappa shape index (κ1) is 77.5. The summed E-state index contributed by atoms with van der Waals surface area (Å²) in [6.07, 6.45) is 103. The second-order valence-electron chi connectivity index (χ2n) is 21.3.